The Morgan fingerprint density at radius 3 is 2.00 bits per heavy atom. The van der Waals surface area contributed by atoms with E-state index < -0.39 is 17.5 Å². The number of ether oxygens (including phenoxy) is 2. The van der Waals surface area contributed by atoms with Crippen molar-refractivity contribution in [2.45, 2.75) is 32.2 Å². The fraction of sp³-hybridized carbons (Fsp3) is 0.818. The van der Waals surface area contributed by atoms with E-state index in [1.807, 2.05) is 0 Å². The molecule has 0 aromatic carbocycles. The molecule has 1 heterocycles. The maximum absolute atomic E-state index is 11.9. The number of nitrogens with zero attached hydrogens (tertiary/aromatic N) is 1. The van der Waals surface area contributed by atoms with Crippen LogP contribution in [0.25, 0.3) is 0 Å². The number of likely N-dealkylation sites (tertiary alicyclic amines) is 1. The molecule has 0 amide bonds. The van der Waals surface area contributed by atoms with Crippen LogP contribution in [-0.4, -0.2) is 49.2 Å². The van der Waals surface area contributed by atoms with Gasteiger partial charge in [-0.1, -0.05) is 0 Å². The van der Waals surface area contributed by atoms with Crippen LogP contribution in [0.2, 0.25) is 0 Å². The van der Waals surface area contributed by atoms with E-state index >= 15 is 0 Å². The van der Waals surface area contributed by atoms with Gasteiger partial charge >= 0.3 is 11.9 Å². The van der Waals surface area contributed by atoms with E-state index in [0.717, 1.165) is 6.42 Å². The highest BCUT2D eigenvalue weighted by Gasteiger charge is 2.54. The molecular weight excluding hydrogens is 210 g/mol. The molecular formula is C11H19NO4. The van der Waals surface area contributed by atoms with Crippen molar-refractivity contribution in [3.63, 3.8) is 0 Å². The SMILES string of the molecule is CCOC(=O)C1(C(=O)OCC)CCCN1C. The second-order valence-corrected chi connectivity index (χ2v) is 3.83. The third kappa shape index (κ3) is 2.04. The standard InChI is InChI=1S/C11H19NO4/c1-4-15-9(13)11(10(14)16-5-2)7-6-8-12(11)3/h4-8H2,1-3H3. The molecule has 0 unspecified atom stereocenters. The van der Waals surface area contributed by atoms with Gasteiger partial charge in [-0.25, -0.2) is 9.59 Å². The van der Waals surface area contributed by atoms with Crippen LogP contribution >= 0.6 is 0 Å². The fourth-order valence-corrected chi connectivity index (χ4v) is 2.05. The Bertz CT molecular complexity index is 259. The Hall–Kier alpha value is -1.10. The van der Waals surface area contributed by atoms with E-state index in [4.69, 9.17) is 9.47 Å². The summed E-state index contributed by atoms with van der Waals surface area (Å²) in [7, 11) is 1.75. The number of hydrogen-bond donors (Lipinski definition) is 0. The molecule has 0 spiro atoms. The first-order chi connectivity index (χ1) is 7.59. The minimum absolute atomic E-state index is 0.272. The van der Waals surface area contributed by atoms with Crippen LogP contribution in [0, 0.1) is 0 Å². The second-order valence-electron chi connectivity index (χ2n) is 3.83. The van der Waals surface area contributed by atoms with Gasteiger partial charge in [0, 0.05) is 0 Å². The first kappa shape index (κ1) is 13.0. The van der Waals surface area contributed by atoms with Crippen LogP contribution in [-0.2, 0) is 19.1 Å². The molecule has 0 radical (unpaired) electrons. The van der Waals surface area contributed by atoms with Gasteiger partial charge in [0.25, 0.3) is 0 Å². The Morgan fingerprint density at radius 1 is 1.19 bits per heavy atom. The summed E-state index contributed by atoms with van der Waals surface area (Å²) in [5.41, 5.74) is -1.22. The van der Waals surface area contributed by atoms with E-state index in [9.17, 15) is 9.59 Å². The summed E-state index contributed by atoms with van der Waals surface area (Å²) in [4.78, 5) is 25.6. The van der Waals surface area contributed by atoms with Crippen molar-refractivity contribution < 1.29 is 19.1 Å². The predicted octanol–water partition coefficient (Wildman–Crippen LogP) is 0.577. The molecule has 0 aliphatic carbocycles. The van der Waals surface area contributed by atoms with Crippen LogP contribution in [0.5, 0.6) is 0 Å². The molecule has 0 N–H and O–H groups in total. The molecule has 0 atom stereocenters. The first-order valence-electron chi connectivity index (χ1n) is 5.65. The van der Waals surface area contributed by atoms with Gasteiger partial charge in [0.2, 0.25) is 5.54 Å². The van der Waals surface area contributed by atoms with Crippen LogP contribution in [0.3, 0.4) is 0 Å². The summed E-state index contributed by atoms with van der Waals surface area (Å²) in [5.74, 6) is -0.984. The van der Waals surface area contributed by atoms with Crippen LogP contribution in [0.15, 0.2) is 0 Å². The zero-order chi connectivity index (χ0) is 12.2. The highest BCUT2D eigenvalue weighted by molar-refractivity contribution is 6.05. The van der Waals surface area contributed by atoms with Crippen molar-refractivity contribution in [1.82, 2.24) is 4.90 Å². The first-order valence-corrected chi connectivity index (χ1v) is 5.65. The lowest BCUT2D eigenvalue weighted by Gasteiger charge is -2.30. The van der Waals surface area contributed by atoms with Crippen molar-refractivity contribution in [1.29, 1.82) is 0 Å². The molecule has 5 heteroatoms. The Balaban J connectivity index is 2.92. The van der Waals surface area contributed by atoms with Gasteiger partial charge in [0.05, 0.1) is 13.2 Å². The van der Waals surface area contributed by atoms with Gasteiger partial charge in [-0.05, 0) is 40.3 Å². The maximum Gasteiger partial charge on any atom is 0.338 e. The van der Waals surface area contributed by atoms with E-state index in [0.29, 0.717) is 13.0 Å². The Kier molecular flexibility index (Phi) is 4.29. The quantitative estimate of drug-likeness (QED) is 0.521. The molecule has 1 fully saturated rings. The average molecular weight is 229 g/mol. The van der Waals surface area contributed by atoms with Gasteiger partial charge in [-0.3, -0.25) is 4.90 Å². The lowest BCUT2D eigenvalue weighted by molar-refractivity contribution is -0.171. The van der Waals surface area contributed by atoms with Gasteiger partial charge in [0.15, 0.2) is 0 Å². The highest BCUT2D eigenvalue weighted by Crippen LogP contribution is 2.30. The minimum Gasteiger partial charge on any atom is -0.464 e. The summed E-state index contributed by atoms with van der Waals surface area (Å²) in [6.45, 7) is 4.71. The number of likely N-dealkylation sites (N-methyl/N-ethyl adjacent to an activating group) is 1. The molecule has 1 saturated heterocycles. The fourth-order valence-electron chi connectivity index (χ4n) is 2.05. The Morgan fingerprint density at radius 2 is 1.69 bits per heavy atom. The number of esters is 2. The zero-order valence-corrected chi connectivity index (χ0v) is 10.1. The molecule has 5 nitrogen and oxygen atoms in total. The summed E-state index contributed by atoms with van der Waals surface area (Å²) >= 11 is 0. The van der Waals surface area contributed by atoms with E-state index in [1.54, 1.807) is 25.8 Å². The molecule has 1 aliphatic rings. The van der Waals surface area contributed by atoms with Crippen molar-refractivity contribution in [3.8, 4) is 0 Å². The second kappa shape index (κ2) is 5.30. The average Bonchev–Trinajstić information content (AvgIpc) is 2.62. The largest absolute Gasteiger partial charge is 0.464 e. The number of rotatable bonds is 4. The van der Waals surface area contributed by atoms with Gasteiger partial charge < -0.3 is 9.47 Å². The van der Waals surface area contributed by atoms with Crippen molar-refractivity contribution in [3.05, 3.63) is 0 Å². The molecule has 1 aliphatic heterocycles. The maximum atomic E-state index is 11.9. The highest BCUT2D eigenvalue weighted by atomic mass is 16.6. The zero-order valence-electron chi connectivity index (χ0n) is 10.1. The Labute approximate surface area is 95.7 Å². The summed E-state index contributed by atoms with van der Waals surface area (Å²) in [6.07, 6.45) is 1.27. The summed E-state index contributed by atoms with van der Waals surface area (Å²) < 4.78 is 9.97. The van der Waals surface area contributed by atoms with Gasteiger partial charge in [-0.15, -0.1) is 0 Å². The van der Waals surface area contributed by atoms with Gasteiger partial charge in [-0.2, -0.15) is 0 Å². The monoisotopic (exact) mass is 229 g/mol. The topological polar surface area (TPSA) is 55.8 Å². The number of hydrogen-bond acceptors (Lipinski definition) is 5. The molecule has 0 aromatic rings. The normalized spacial score (nSPS) is 19.4. The van der Waals surface area contributed by atoms with E-state index in [2.05, 4.69) is 0 Å². The molecule has 0 aromatic heterocycles. The smallest absolute Gasteiger partial charge is 0.338 e. The van der Waals surface area contributed by atoms with Crippen molar-refractivity contribution >= 4 is 11.9 Å². The van der Waals surface area contributed by atoms with Crippen LogP contribution < -0.4 is 0 Å². The lowest BCUT2D eigenvalue weighted by Crippen LogP contribution is -2.56. The van der Waals surface area contributed by atoms with Crippen LogP contribution in [0.4, 0.5) is 0 Å². The predicted molar refractivity (Wildman–Crippen MR) is 57.9 cm³/mol. The molecule has 0 bridgehead atoms. The van der Waals surface area contributed by atoms with Crippen molar-refractivity contribution in [2.24, 2.45) is 0 Å². The molecule has 1 rings (SSSR count). The molecule has 92 valence electrons. The lowest BCUT2D eigenvalue weighted by atomic mass is 9.96. The summed E-state index contributed by atoms with van der Waals surface area (Å²) in [5, 5.41) is 0. The number of carbonyl (C=O) groups excluding carboxylic acids is 2. The third-order valence-electron chi connectivity index (χ3n) is 2.91. The minimum atomic E-state index is -1.22. The van der Waals surface area contributed by atoms with Crippen molar-refractivity contribution in [2.75, 3.05) is 26.8 Å². The number of carbonyl (C=O) groups is 2. The molecule has 0 saturated carbocycles. The van der Waals surface area contributed by atoms with E-state index in [-0.39, 0.29) is 13.2 Å². The summed E-state index contributed by atoms with van der Waals surface area (Å²) in [6, 6.07) is 0. The van der Waals surface area contributed by atoms with E-state index in [1.165, 1.54) is 0 Å². The molecule has 16 heavy (non-hydrogen) atoms. The van der Waals surface area contributed by atoms with Gasteiger partial charge in [0.1, 0.15) is 0 Å². The van der Waals surface area contributed by atoms with Crippen LogP contribution in [0.1, 0.15) is 26.7 Å². The third-order valence-corrected chi connectivity index (χ3v) is 2.91.